The first kappa shape index (κ1) is 19.7. The topological polar surface area (TPSA) is 95.1 Å². The van der Waals surface area contributed by atoms with Crippen molar-refractivity contribution in [3.05, 3.63) is 71.0 Å². The molecule has 1 aromatic heterocycles. The molecule has 0 spiro atoms. The van der Waals surface area contributed by atoms with Crippen LogP contribution in [0.1, 0.15) is 34.2 Å². The average molecular weight is 395 g/mol. The Morgan fingerprint density at radius 1 is 1.11 bits per heavy atom. The van der Waals surface area contributed by atoms with Gasteiger partial charge in [-0.2, -0.15) is 0 Å². The normalized spacial score (nSPS) is 10.6. The molecule has 0 bridgehead atoms. The number of imidazole rings is 1. The van der Waals surface area contributed by atoms with Crippen LogP contribution in [0.3, 0.4) is 0 Å². The molecule has 0 aliphatic rings. The number of phenols is 1. The van der Waals surface area contributed by atoms with Gasteiger partial charge in [0.1, 0.15) is 5.75 Å². The van der Waals surface area contributed by atoms with E-state index in [2.05, 4.69) is 15.3 Å². The minimum atomic E-state index is -0.144. The van der Waals surface area contributed by atoms with Gasteiger partial charge >= 0.3 is 0 Å². The highest BCUT2D eigenvalue weighted by atomic mass is 32.2. The lowest BCUT2D eigenvalue weighted by atomic mass is 10.1. The van der Waals surface area contributed by atoms with Gasteiger partial charge in [0.2, 0.25) is 5.91 Å². The third-order valence-corrected chi connectivity index (χ3v) is 5.06. The number of aromatic amines is 1. The number of Topliss-reactive ketones (excluding diaryl/α,β-unsaturated/α-hetero) is 1. The zero-order chi connectivity index (χ0) is 20.1. The number of thioether (sulfide) groups is 1. The first-order chi connectivity index (χ1) is 13.4. The lowest BCUT2D eigenvalue weighted by Gasteiger charge is -2.05. The number of nitrogens with zero attached hydrogens (tertiary/aromatic N) is 1. The van der Waals surface area contributed by atoms with Crippen LogP contribution < -0.4 is 5.32 Å². The number of hydrogen-bond donors (Lipinski definition) is 3. The average Bonchev–Trinajstić information content (AvgIpc) is 3.02. The van der Waals surface area contributed by atoms with Crippen LogP contribution in [-0.4, -0.2) is 32.5 Å². The second-order valence-electron chi connectivity index (χ2n) is 6.43. The molecule has 0 atom stereocenters. The molecule has 1 heterocycles. The Morgan fingerprint density at radius 3 is 2.43 bits per heavy atom. The van der Waals surface area contributed by atoms with E-state index >= 15 is 0 Å². The molecular weight excluding hydrogens is 374 g/mol. The number of hydrogen-bond acceptors (Lipinski definition) is 5. The monoisotopic (exact) mass is 395 g/mol. The number of carbonyl (C=O) groups excluding carboxylic acids is 2. The lowest BCUT2D eigenvalue weighted by molar-refractivity contribution is -0.113. The first-order valence-electron chi connectivity index (χ1n) is 8.78. The van der Waals surface area contributed by atoms with Crippen molar-refractivity contribution < 1.29 is 14.7 Å². The van der Waals surface area contributed by atoms with Gasteiger partial charge in [-0.15, -0.1) is 0 Å². The van der Waals surface area contributed by atoms with Crippen LogP contribution in [0.25, 0.3) is 0 Å². The van der Waals surface area contributed by atoms with Gasteiger partial charge in [-0.25, -0.2) is 4.98 Å². The fraction of sp³-hybridized carbons (Fsp3) is 0.190. The summed E-state index contributed by atoms with van der Waals surface area (Å²) in [5, 5.41) is 12.9. The fourth-order valence-electron chi connectivity index (χ4n) is 2.63. The van der Waals surface area contributed by atoms with E-state index in [0.29, 0.717) is 22.8 Å². The molecule has 144 valence electrons. The van der Waals surface area contributed by atoms with Crippen molar-refractivity contribution in [3.8, 4) is 5.75 Å². The summed E-state index contributed by atoms with van der Waals surface area (Å²) in [6.45, 7) is 3.45. The van der Waals surface area contributed by atoms with Gasteiger partial charge in [0, 0.05) is 23.4 Å². The molecule has 0 unspecified atom stereocenters. The van der Waals surface area contributed by atoms with E-state index in [9.17, 15) is 14.7 Å². The highest BCUT2D eigenvalue weighted by molar-refractivity contribution is 7.99. The molecule has 7 heteroatoms. The van der Waals surface area contributed by atoms with Gasteiger partial charge in [-0.3, -0.25) is 9.59 Å². The van der Waals surface area contributed by atoms with Crippen molar-refractivity contribution in [2.75, 3.05) is 11.1 Å². The number of aromatic nitrogens is 2. The Bertz CT molecular complexity index is 979. The number of anilines is 1. The second-order valence-corrected chi connectivity index (χ2v) is 7.39. The Balaban J connectivity index is 1.54. The first-order valence-corrected chi connectivity index (χ1v) is 9.76. The van der Waals surface area contributed by atoms with E-state index in [1.165, 1.54) is 18.7 Å². The van der Waals surface area contributed by atoms with E-state index in [1.54, 1.807) is 36.4 Å². The Labute approximate surface area is 167 Å². The molecule has 0 fully saturated rings. The standard InChI is InChI=1S/C21H21N3O3S/c1-13-19(11-15-3-9-18(26)10-4-15)24-21(22-13)28-12-20(27)23-17-7-5-16(6-8-17)14(2)25/h3-10,26H,11-12H2,1-2H3,(H,22,24)(H,23,27). The predicted octanol–water partition coefficient (Wildman–Crippen LogP) is 3.95. The molecule has 0 aliphatic carbocycles. The number of amides is 1. The largest absolute Gasteiger partial charge is 0.508 e. The number of aromatic hydroxyl groups is 1. The number of nitrogens with one attached hydrogen (secondary N) is 2. The maximum atomic E-state index is 12.2. The number of H-pyrrole nitrogens is 1. The summed E-state index contributed by atoms with van der Waals surface area (Å²) in [6.07, 6.45) is 0.651. The summed E-state index contributed by atoms with van der Waals surface area (Å²) in [5.41, 5.74) is 4.18. The summed E-state index contributed by atoms with van der Waals surface area (Å²) in [6, 6.07) is 13.8. The molecule has 3 aromatic rings. The van der Waals surface area contributed by atoms with Crippen molar-refractivity contribution in [1.82, 2.24) is 9.97 Å². The van der Waals surface area contributed by atoms with Crippen LogP contribution in [0, 0.1) is 6.92 Å². The van der Waals surface area contributed by atoms with Crippen LogP contribution in [0.4, 0.5) is 5.69 Å². The summed E-state index contributed by atoms with van der Waals surface area (Å²) in [7, 11) is 0. The molecular formula is C21H21N3O3S. The molecule has 3 rings (SSSR count). The molecule has 6 nitrogen and oxygen atoms in total. The number of rotatable bonds is 7. The van der Waals surface area contributed by atoms with E-state index in [0.717, 1.165) is 17.0 Å². The zero-order valence-corrected chi connectivity index (χ0v) is 16.5. The van der Waals surface area contributed by atoms with E-state index in [-0.39, 0.29) is 23.2 Å². The lowest BCUT2D eigenvalue weighted by Crippen LogP contribution is -2.14. The molecule has 2 aromatic carbocycles. The molecule has 3 N–H and O–H groups in total. The second kappa shape index (κ2) is 8.75. The summed E-state index contributed by atoms with van der Waals surface area (Å²) < 4.78 is 0. The maximum Gasteiger partial charge on any atom is 0.234 e. The van der Waals surface area contributed by atoms with Crippen molar-refractivity contribution in [2.24, 2.45) is 0 Å². The van der Waals surface area contributed by atoms with Gasteiger partial charge in [0.25, 0.3) is 0 Å². The maximum absolute atomic E-state index is 12.2. The third kappa shape index (κ3) is 5.23. The summed E-state index contributed by atoms with van der Waals surface area (Å²) in [4.78, 5) is 31.2. The Kier molecular flexibility index (Phi) is 6.16. The van der Waals surface area contributed by atoms with Gasteiger partial charge in [-0.1, -0.05) is 23.9 Å². The Morgan fingerprint density at radius 2 is 1.79 bits per heavy atom. The zero-order valence-electron chi connectivity index (χ0n) is 15.7. The van der Waals surface area contributed by atoms with E-state index in [1.807, 2.05) is 19.1 Å². The summed E-state index contributed by atoms with van der Waals surface area (Å²) in [5.74, 6) is 0.306. The molecule has 0 radical (unpaired) electrons. The fourth-order valence-corrected chi connectivity index (χ4v) is 3.37. The number of carbonyl (C=O) groups is 2. The SMILES string of the molecule is CC(=O)c1ccc(NC(=O)CSc2nc(Cc3ccc(O)cc3)c(C)[nH]2)cc1. The van der Waals surface area contributed by atoms with Crippen molar-refractivity contribution >= 4 is 29.1 Å². The van der Waals surface area contributed by atoms with Gasteiger partial charge in [-0.05, 0) is 55.8 Å². The van der Waals surface area contributed by atoms with Crippen LogP contribution in [0.15, 0.2) is 53.7 Å². The van der Waals surface area contributed by atoms with Crippen molar-refractivity contribution in [2.45, 2.75) is 25.4 Å². The minimum absolute atomic E-state index is 0.00951. The third-order valence-electron chi connectivity index (χ3n) is 4.19. The minimum Gasteiger partial charge on any atom is -0.508 e. The van der Waals surface area contributed by atoms with Gasteiger partial charge in [0.15, 0.2) is 10.9 Å². The smallest absolute Gasteiger partial charge is 0.234 e. The number of phenolic OH excluding ortho intramolecular Hbond substituents is 1. The molecule has 28 heavy (non-hydrogen) atoms. The van der Waals surface area contributed by atoms with Crippen LogP contribution in [0.5, 0.6) is 5.75 Å². The van der Waals surface area contributed by atoms with Gasteiger partial charge in [0.05, 0.1) is 11.4 Å². The predicted molar refractivity (Wildman–Crippen MR) is 110 cm³/mol. The molecule has 0 saturated heterocycles. The molecule has 1 amide bonds. The summed E-state index contributed by atoms with van der Waals surface area (Å²) >= 11 is 1.33. The molecule has 0 aliphatic heterocycles. The highest BCUT2D eigenvalue weighted by Gasteiger charge is 2.11. The number of aryl methyl sites for hydroxylation is 1. The quantitative estimate of drug-likeness (QED) is 0.416. The highest BCUT2D eigenvalue weighted by Crippen LogP contribution is 2.20. The van der Waals surface area contributed by atoms with E-state index < -0.39 is 0 Å². The van der Waals surface area contributed by atoms with Gasteiger partial charge < -0.3 is 15.4 Å². The van der Waals surface area contributed by atoms with Crippen LogP contribution in [0.2, 0.25) is 0 Å². The Hall–Kier alpha value is -3.06. The number of benzene rings is 2. The number of ketones is 1. The van der Waals surface area contributed by atoms with Crippen molar-refractivity contribution in [1.29, 1.82) is 0 Å². The van der Waals surface area contributed by atoms with Crippen molar-refractivity contribution in [3.63, 3.8) is 0 Å². The van der Waals surface area contributed by atoms with Crippen LogP contribution in [-0.2, 0) is 11.2 Å². The van der Waals surface area contributed by atoms with E-state index in [4.69, 9.17) is 0 Å². The van der Waals surface area contributed by atoms with Crippen LogP contribution >= 0.6 is 11.8 Å². The molecule has 0 saturated carbocycles.